The Balaban J connectivity index is 0.881. The van der Waals surface area contributed by atoms with Crippen LogP contribution in [0.3, 0.4) is 0 Å². The van der Waals surface area contributed by atoms with E-state index in [9.17, 15) is 0 Å². The van der Waals surface area contributed by atoms with Crippen LogP contribution in [-0.2, 0) is 19.9 Å². The SMILES string of the molecule is CCCCCCCCCCCCCCCCCCCCc1cc(C)sc1-c1nc2sc(-c3sc(-c4ccc5c6ccc(C)cc6n(C)c5c4)cc3CCCCCCCCCCCCCCCCCCCC)nc2s1. The standard InChI is InChI=1S/C67H99N3S4/c1-6-8-10-12-14-16-18-20-22-24-26-28-30-32-34-36-38-40-42-55-49-53(4)71-62(55)64-68-66-67(73-64)69-65(74-66)63-56(43-41-39-37-35-33-31-29-27-25-23-21-19-17-15-13-11-9-7-2)51-61(72-63)54-45-47-58-57-46-44-52(3)48-59(57)70(5)60(58)50-54/h44-51H,6-43H2,1-5H3. The number of nitrogens with zero attached hydrogens (tertiary/aromatic N) is 3. The molecule has 0 unspecified atom stereocenters. The Bertz CT molecular complexity index is 2600. The van der Waals surface area contributed by atoms with Gasteiger partial charge in [-0.25, -0.2) is 9.97 Å². The van der Waals surface area contributed by atoms with Crippen molar-refractivity contribution in [2.24, 2.45) is 7.05 Å². The number of aryl methyl sites for hydroxylation is 5. The monoisotopic (exact) mass is 1070 g/mol. The average Bonchev–Trinajstić information content (AvgIpc) is 4.24. The van der Waals surface area contributed by atoms with Crippen molar-refractivity contribution < 1.29 is 0 Å². The molecule has 5 aromatic heterocycles. The highest BCUT2D eigenvalue weighted by Gasteiger charge is 2.21. The van der Waals surface area contributed by atoms with Crippen LogP contribution in [0.1, 0.15) is 267 Å². The predicted octanol–water partition coefficient (Wildman–Crippen LogP) is 24.3. The second kappa shape index (κ2) is 33.5. The summed E-state index contributed by atoms with van der Waals surface area (Å²) >= 11 is 7.51. The molecular weight excluding hydrogens is 975 g/mol. The first-order valence-corrected chi connectivity index (χ1v) is 34.2. The van der Waals surface area contributed by atoms with E-state index in [4.69, 9.17) is 9.97 Å². The zero-order valence-corrected chi connectivity index (χ0v) is 50.7. The van der Waals surface area contributed by atoms with Crippen LogP contribution in [0, 0.1) is 13.8 Å². The van der Waals surface area contributed by atoms with Crippen molar-refractivity contribution in [1.82, 2.24) is 14.5 Å². The molecule has 0 spiro atoms. The van der Waals surface area contributed by atoms with Gasteiger partial charge in [-0.05, 0) is 86.1 Å². The first kappa shape index (κ1) is 58.8. The fourth-order valence-corrected chi connectivity index (χ4v) is 16.1. The van der Waals surface area contributed by atoms with E-state index in [1.54, 1.807) is 0 Å². The molecule has 5 heterocycles. The number of hydrogen-bond acceptors (Lipinski definition) is 6. The molecule has 0 atom stereocenters. The lowest BCUT2D eigenvalue weighted by molar-refractivity contribution is 0.525. The normalized spacial score (nSPS) is 12.0. The first-order valence-electron chi connectivity index (χ1n) is 30.9. The van der Waals surface area contributed by atoms with Crippen LogP contribution in [0.25, 0.3) is 61.7 Å². The molecule has 2 aromatic carbocycles. The minimum Gasteiger partial charge on any atom is -0.344 e. The number of benzene rings is 2. The van der Waals surface area contributed by atoms with Gasteiger partial charge in [-0.15, -0.1) is 22.7 Å². The summed E-state index contributed by atoms with van der Waals surface area (Å²) in [4.78, 5) is 18.4. The highest BCUT2D eigenvalue weighted by atomic mass is 32.1. The molecular formula is C67H99N3S4. The smallest absolute Gasteiger partial charge is 0.155 e. The van der Waals surface area contributed by atoms with Crippen molar-refractivity contribution in [1.29, 1.82) is 0 Å². The molecule has 0 aliphatic carbocycles. The molecule has 0 aliphatic heterocycles. The number of thiophene rings is 2. The van der Waals surface area contributed by atoms with Gasteiger partial charge in [-0.3, -0.25) is 0 Å². The Labute approximate surface area is 467 Å². The Morgan fingerprint density at radius 1 is 0.378 bits per heavy atom. The number of fused-ring (bicyclic) bond motifs is 4. The Morgan fingerprint density at radius 3 is 1.18 bits per heavy atom. The van der Waals surface area contributed by atoms with Gasteiger partial charge in [0, 0.05) is 38.6 Å². The van der Waals surface area contributed by atoms with Crippen molar-refractivity contribution >= 4 is 76.8 Å². The van der Waals surface area contributed by atoms with Gasteiger partial charge in [0.2, 0.25) is 0 Å². The third kappa shape index (κ3) is 18.7. The van der Waals surface area contributed by atoms with Gasteiger partial charge in [-0.2, -0.15) is 0 Å². The largest absolute Gasteiger partial charge is 0.344 e. The quantitative estimate of drug-likeness (QED) is 0.0358. The third-order valence-electron chi connectivity index (χ3n) is 16.2. The van der Waals surface area contributed by atoms with Crippen molar-refractivity contribution in [2.75, 3.05) is 0 Å². The molecule has 7 aromatic rings. The summed E-state index contributed by atoms with van der Waals surface area (Å²) in [5.41, 5.74) is 8.20. The van der Waals surface area contributed by atoms with Crippen LogP contribution >= 0.6 is 45.3 Å². The van der Waals surface area contributed by atoms with E-state index in [0.29, 0.717) is 0 Å². The summed E-state index contributed by atoms with van der Waals surface area (Å²) < 4.78 is 2.38. The van der Waals surface area contributed by atoms with E-state index in [1.807, 2.05) is 45.3 Å². The van der Waals surface area contributed by atoms with E-state index >= 15 is 0 Å². The number of aromatic nitrogens is 3. The maximum Gasteiger partial charge on any atom is 0.155 e. The summed E-state index contributed by atoms with van der Waals surface area (Å²) in [7, 11) is 2.23. The van der Waals surface area contributed by atoms with Gasteiger partial charge in [0.05, 0.1) is 9.75 Å². The van der Waals surface area contributed by atoms with E-state index in [0.717, 1.165) is 27.5 Å². The molecule has 0 aliphatic rings. The second-order valence-electron chi connectivity index (χ2n) is 22.7. The lowest BCUT2D eigenvalue weighted by Crippen LogP contribution is -1.88. The van der Waals surface area contributed by atoms with Crippen molar-refractivity contribution in [2.45, 2.75) is 272 Å². The Kier molecular flexibility index (Phi) is 26.6. The number of thiazole rings is 2. The molecule has 406 valence electrons. The van der Waals surface area contributed by atoms with Crippen molar-refractivity contribution in [3.63, 3.8) is 0 Å². The summed E-state index contributed by atoms with van der Waals surface area (Å²) in [5.74, 6) is 0. The van der Waals surface area contributed by atoms with Crippen LogP contribution in [0.4, 0.5) is 0 Å². The highest BCUT2D eigenvalue weighted by Crippen LogP contribution is 2.46. The fourth-order valence-electron chi connectivity index (χ4n) is 11.6. The average molecular weight is 1070 g/mol. The lowest BCUT2D eigenvalue weighted by atomic mass is 10.0. The fraction of sp³-hybridized carbons (Fsp3) is 0.642. The van der Waals surface area contributed by atoms with Gasteiger partial charge in [0.25, 0.3) is 0 Å². The number of unbranched alkanes of at least 4 members (excludes halogenated alkanes) is 34. The molecule has 7 heteroatoms. The van der Waals surface area contributed by atoms with E-state index in [1.165, 1.54) is 300 Å². The van der Waals surface area contributed by atoms with Gasteiger partial charge < -0.3 is 4.57 Å². The van der Waals surface area contributed by atoms with E-state index < -0.39 is 0 Å². The summed E-state index contributed by atoms with van der Waals surface area (Å²) in [6.07, 6.45) is 53.2. The van der Waals surface area contributed by atoms with Crippen LogP contribution in [0.2, 0.25) is 0 Å². The van der Waals surface area contributed by atoms with E-state index in [2.05, 4.69) is 87.8 Å². The molecule has 74 heavy (non-hydrogen) atoms. The summed E-state index contributed by atoms with van der Waals surface area (Å²) in [5, 5.41) is 5.00. The van der Waals surface area contributed by atoms with Crippen molar-refractivity contribution in [3.8, 4) is 30.2 Å². The highest BCUT2D eigenvalue weighted by molar-refractivity contribution is 7.32. The number of rotatable bonds is 41. The topological polar surface area (TPSA) is 30.7 Å². The first-order chi connectivity index (χ1) is 36.4. The van der Waals surface area contributed by atoms with E-state index in [-0.39, 0.29) is 0 Å². The molecule has 0 saturated heterocycles. The van der Waals surface area contributed by atoms with Gasteiger partial charge in [-0.1, -0.05) is 279 Å². The number of hydrogen-bond donors (Lipinski definition) is 0. The van der Waals surface area contributed by atoms with Gasteiger partial charge in [0.1, 0.15) is 10.0 Å². The molecule has 0 fully saturated rings. The van der Waals surface area contributed by atoms with Crippen LogP contribution in [0.15, 0.2) is 48.5 Å². The predicted molar refractivity (Wildman–Crippen MR) is 336 cm³/mol. The van der Waals surface area contributed by atoms with Gasteiger partial charge in [0.15, 0.2) is 9.66 Å². The van der Waals surface area contributed by atoms with Crippen LogP contribution in [-0.4, -0.2) is 14.5 Å². The zero-order valence-electron chi connectivity index (χ0n) is 47.5. The van der Waals surface area contributed by atoms with Crippen molar-refractivity contribution in [3.05, 3.63) is 70.1 Å². The molecule has 0 bridgehead atoms. The Hall–Kier alpha value is -2.84. The molecule has 3 nitrogen and oxygen atoms in total. The summed E-state index contributed by atoms with van der Waals surface area (Å²) in [6.45, 7) is 9.09. The minimum absolute atomic E-state index is 1.10. The Morgan fingerprint density at radius 2 is 0.743 bits per heavy atom. The zero-order chi connectivity index (χ0) is 51.6. The molecule has 0 saturated carbocycles. The molecule has 0 radical (unpaired) electrons. The second-order valence-corrected chi connectivity index (χ2v) is 26.9. The molecule has 0 N–H and O–H groups in total. The van der Waals surface area contributed by atoms with Crippen LogP contribution < -0.4 is 0 Å². The maximum atomic E-state index is 5.40. The third-order valence-corrected chi connectivity index (χ3v) is 20.8. The minimum atomic E-state index is 1.10. The molecule has 7 rings (SSSR count). The van der Waals surface area contributed by atoms with Crippen LogP contribution in [0.5, 0.6) is 0 Å². The summed E-state index contributed by atoms with van der Waals surface area (Å²) in [6, 6.07) is 19.0. The maximum absolute atomic E-state index is 5.40. The van der Waals surface area contributed by atoms with Gasteiger partial charge >= 0.3 is 0 Å². The lowest BCUT2D eigenvalue weighted by Gasteiger charge is -2.04. The molecule has 0 amide bonds.